The van der Waals surface area contributed by atoms with Gasteiger partial charge in [0.05, 0.1) is 29.0 Å². The lowest BCUT2D eigenvalue weighted by Gasteiger charge is -2.35. The van der Waals surface area contributed by atoms with Crippen molar-refractivity contribution in [3.63, 3.8) is 0 Å². The summed E-state index contributed by atoms with van der Waals surface area (Å²) >= 11 is 0. The summed E-state index contributed by atoms with van der Waals surface area (Å²) in [4.78, 5) is 81.5. The average molecular weight is 843 g/mol. The molecule has 0 spiro atoms. The summed E-state index contributed by atoms with van der Waals surface area (Å²) < 4.78 is 28.2. The van der Waals surface area contributed by atoms with Gasteiger partial charge in [0.15, 0.2) is 0 Å². The highest BCUT2D eigenvalue weighted by molar-refractivity contribution is 6.12. The minimum absolute atomic E-state index is 0.0184. The zero-order valence-corrected chi connectivity index (χ0v) is 35.5. The predicted molar refractivity (Wildman–Crippen MR) is 224 cm³/mol. The van der Waals surface area contributed by atoms with Crippen molar-refractivity contribution < 1.29 is 42.9 Å². The molecule has 1 aromatic carbocycles. The molecule has 0 unspecified atom stereocenters. The Kier molecular flexibility index (Phi) is 13.9. The van der Waals surface area contributed by atoms with Crippen LogP contribution in [0.3, 0.4) is 0 Å². The van der Waals surface area contributed by atoms with E-state index in [0.29, 0.717) is 78.7 Å². The smallest absolute Gasteiger partial charge is 0.258 e. The summed E-state index contributed by atoms with van der Waals surface area (Å²) in [6.45, 7) is 13.4. The maximum absolute atomic E-state index is 15.3. The summed E-state index contributed by atoms with van der Waals surface area (Å²) in [5, 5.41) is 20.3. The fraction of sp³-hybridized carbons (Fsp3) is 0.489. The first-order valence-electron chi connectivity index (χ1n) is 21.0. The first kappa shape index (κ1) is 44.8. The number of pyridine rings is 2. The summed E-state index contributed by atoms with van der Waals surface area (Å²) in [6, 6.07) is 3.42. The molecule has 5 heterocycles. The van der Waals surface area contributed by atoms with Crippen molar-refractivity contribution in [3.8, 4) is 11.4 Å². The minimum atomic E-state index is -1.51. The molecule has 5 amide bonds. The van der Waals surface area contributed by atoms with Crippen LogP contribution in [-0.4, -0.2) is 81.1 Å². The monoisotopic (exact) mass is 842 g/mol. The molecule has 6 rings (SSSR count). The number of unbranched alkanes of at least 4 members (excludes halogenated alkanes) is 3. The third-order valence-corrected chi connectivity index (χ3v) is 11.8. The highest BCUT2D eigenvalue weighted by Gasteiger charge is 2.41. The number of carbonyl (C=O) groups excluding carboxylic acids is 5. The zero-order chi connectivity index (χ0) is 44.2. The van der Waals surface area contributed by atoms with E-state index < -0.39 is 29.5 Å². The van der Waals surface area contributed by atoms with Crippen molar-refractivity contribution in [1.29, 1.82) is 0 Å². The zero-order valence-electron chi connectivity index (χ0n) is 35.5. The van der Waals surface area contributed by atoms with Gasteiger partial charge in [-0.2, -0.15) is 0 Å². The number of rotatable bonds is 19. The summed E-state index contributed by atoms with van der Waals surface area (Å²) in [7, 11) is 0. The van der Waals surface area contributed by atoms with E-state index in [1.54, 1.807) is 38.3 Å². The fourth-order valence-corrected chi connectivity index (χ4v) is 8.08. The Morgan fingerprint density at radius 1 is 1.02 bits per heavy atom. The van der Waals surface area contributed by atoms with E-state index in [4.69, 9.17) is 14.5 Å². The number of hydrogen-bond acceptors (Lipinski definition) is 10. The van der Waals surface area contributed by atoms with E-state index in [2.05, 4.69) is 22.5 Å². The SMILES string of the molecule is C=C1OCc2c(cc3n(c2=O)Cc2cc4c(CCCCOCNC(=O)[C@H](C)NC(=O)[C@@H](NC(=O)CCCCCN5C(=O)C=CC5=O)C(C)C)c(C)c(F)cc4nc2-3)[C@@]1(O)CC. The van der Waals surface area contributed by atoms with Crippen LogP contribution in [0.5, 0.6) is 0 Å². The predicted octanol–water partition coefficient (Wildman–Crippen LogP) is 4.06. The number of amides is 5. The third kappa shape index (κ3) is 9.44. The molecule has 0 fully saturated rings. The normalized spacial score (nSPS) is 17.6. The van der Waals surface area contributed by atoms with Gasteiger partial charge < -0.3 is 35.1 Å². The van der Waals surface area contributed by atoms with Gasteiger partial charge in [0.1, 0.15) is 42.6 Å². The lowest BCUT2D eigenvalue weighted by Crippen LogP contribution is -2.54. The van der Waals surface area contributed by atoms with Gasteiger partial charge in [-0.3, -0.25) is 33.7 Å². The number of hydrogen-bond donors (Lipinski definition) is 4. The van der Waals surface area contributed by atoms with E-state index in [9.17, 15) is 33.9 Å². The van der Waals surface area contributed by atoms with Crippen LogP contribution in [0.4, 0.5) is 4.39 Å². The molecule has 0 saturated heterocycles. The third-order valence-electron chi connectivity index (χ3n) is 11.8. The van der Waals surface area contributed by atoms with Crippen molar-refractivity contribution >= 4 is 40.4 Å². The number of aliphatic hydroxyl groups is 1. The number of imide groups is 1. The summed E-state index contributed by atoms with van der Waals surface area (Å²) in [5.41, 5.74) is 2.83. The van der Waals surface area contributed by atoms with Crippen LogP contribution in [-0.2, 0) is 58.6 Å². The Hall–Kier alpha value is -5.74. The van der Waals surface area contributed by atoms with Gasteiger partial charge in [-0.25, -0.2) is 9.37 Å². The molecule has 4 N–H and O–H groups in total. The number of halogens is 1. The standard InChI is InChI=1S/C45H55FN6O9/c1-7-45(59)28(6)61-23-32-33(45)20-36-41-29(22-52(36)44(32)58)19-31-30(26(4)34(46)21-35(31)49-41)13-10-12-18-60-24-47-42(56)27(5)48-43(57)40(25(2)3)50-37(53)14-9-8-11-17-51-38(54)15-16-39(51)55/h15-16,19-21,25,27,40,59H,6-14,17-18,22-24H2,1-5H3,(H,47,56)(H,48,57)(H,50,53)/t27-,40-,45+/m0/s1. The van der Waals surface area contributed by atoms with Crippen LogP contribution in [0.1, 0.15) is 100 Å². The molecule has 0 saturated carbocycles. The maximum Gasteiger partial charge on any atom is 0.258 e. The molecular formula is C45H55FN6O9. The van der Waals surface area contributed by atoms with Gasteiger partial charge >= 0.3 is 0 Å². The van der Waals surface area contributed by atoms with Crippen molar-refractivity contribution in [2.45, 2.75) is 117 Å². The molecule has 2 aromatic heterocycles. The van der Waals surface area contributed by atoms with Crippen LogP contribution in [0.25, 0.3) is 22.3 Å². The van der Waals surface area contributed by atoms with Crippen molar-refractivity contribution in [1.82, 2.24) is 30.4 Å². The van der Waals surface area contributed by atoms with Gasteiger partial charge in [0, 0.05) is 54.3 Å². The number of aryl methyl sites for hydroxylation is 1. The molecule has 61 heavy (non-hydrogen) atoms. The Balaban J connectivity index is 0.950. The van der Waals surface area contributed by atoms with Crippen molar-refractivity contribution in [2.75, 3.05) is 19.9 Å². The molecule has 0 bridgehead atoms. The first-order valence-corrected chi connectivity index (χ1v) is 21.0. The Bertz CT molecular complexity index is 2340. The molecule has 16 heteroatoms. The number of benzene rings is 1. The van der Waals surface area contributed by atoms with Crippen LogP contribution in [0.15, 0.2) is 47.5 Å². The lowest BCUT2D eigenvalue weighted by molar-refractivity contribution is -0.137. The van der Waals surface area contributed by atoms with Gasteiger partial charge in [-0.05, 0) is 81.5 Å². The second-order valence-electron chi connectivity index (χ2n) is 16.3. The van der Waals surface area contributed by atoms with E-state index in [-0.39, 0.29) is 80.0 Å². The number of ether oxygens (including phenoxy) is 2. The van der Waals surface area contributed by atoms with E-state index in [1.165, 1.54) is 25.1 Å². The number of nitrogens with zero attached hydrogens (tertiary/aromatic N) is 3. The van der Waals surface area contributed by atoms with Gasteiger partial charge in [-0.1, -0.05) is 33.8 Å². The quantitative estimate of drug-likeness (QED) is 0.0607. The Labute approximate surface area is 353 Å². The molecule has 3 atom stereocenters. The Morgan fingerprint density at radius 2 is 1.75 bits per heavy atom. The highest BCUT2D eigenvalue weighted by atomic mass is 19.1. The van der Waals surface area contributed by atoms with Gasteiger partial charge in [-0.15, -0.1) is 0 Å². The molecule has 3 aromatic rings. The van der Waals surface area contributed by atoms with Crippen LogP contribution < -0.4 is 21.5 Å². The molecule has 3 aliphatic heterocycles. The summed E-state index contributed by atoms with van der Waals surface area (Å²) in [5.74, 6) is -2.37. The van der Waals surface area contributed by atoms with Crippen LogP contribution in [0, 0.1) is 18.7 Å². The maximum atomic E-state index is 15.3. The summed E-state index contributed by atoms with van der Waals surface area (Å²) in [6.07, 6.45) is 6.43. The molecular weight excluding hydrogens is 788 g/mol. The molecule has 0 aliphatic carbocycles. The largest absolute Gasteiger partial charge is 0.490 e. The molecule has 0 radical (unpaired) electrons. The Morgan fingerprint density at radius 3 is 2.46 bits per heavy atom. The van der Waals surface area contributed by atoms with Crippen LogP contribution in [0.2, 0.25) is 0 Å². The topological polar surface area (TPSA) is 198 Å². The highest BCUT2D eigenvalue weighted by Crippen LogP contribution is 2.42. The fourth-order valence-electron chi connectivity index (χ4n) is 8.08. The minimum Gasteiger partial charge on any atom is -0.490 e. The van der Waals surface area contributed by atoms with Gasteiger partial charge in [0.2, 0.25) is 17.7 Å². The number of nitrogens with one attached hydrogen (secondary N) is 3. The number of carbonyl (C=O) groups is 5. The second-order valence-corrected chi connectivity index (χ2v) is 16.3. The van der Waals surface area contributed by atoms with Crippen molar-refractivity contribution in [2.24, 2.45) is 5.92 Å². The van der Waals surface area contributed by atoms with E-state index in [0.717, 1.165) is 21.4 Å². The van der Waals surface area contributed by atoms with Crippen LogP contribution >= 0.6 is 0 Å². The number of aromatic nitrogens is 2. The van der Waals surface area contributed by atoms with Crippen molar-refractivity contribution in [3.05, 3.63) is 86.7 Å². The molecule has 15 nitrogen and oxygen atoms in total. The first-order chi connectivity index (χ1) is 29.0. The molecule has 3 aliphatic rings. The van der Waals surface area contributed by atoms with E-state index >= 15 is 4.39 Å². The molecule has 326 valence electrons. The van der Waals surface area contributed by atoms with E-state index in [1.807, 2.05) is 6.07 Å². The number of fused-ring (bicyclic) bond motifs is 5. The van der Waals surface area contributed by atoms with Gasteiger partial charge in [0.25, 0.3) is 17.4 Å². The lowest BCUT2D eigenvalue weighted by atomic mass is 9.84. The second kappa shape index (κ2) is 18.9. The average Bonchev–Trinajstić information content (AvgIpc) is 3.75.